The third kappa shape index (κ3) is 4.75. The molecule has 0 aliphatic carbocycles. The highest BCUT2D eigenvalue weighted by atomic mass is 35.5. The van der Waals surface area contributed by atoms with Crippen LogP contribution in [0.1, 0.15) is 25.3 Å². The summed E-state index contributed by atoms with van der Waals surface area (Å²) in [6, 6.07) is 17.1. The number of benzene rings is 2. The van der Waals surface area contributed by atoms with E-state index in [0.717, 1.165) is 61.9 Å². The second-order valence-electron chi connectivity index (χ2n) is 8.14. The maximum atomic E-state index is 7.44. The Morgan fingerprint density at radius 2 is 1.83 bits per heavy atom. The lowest BCUT2D eigenvalue weighted by Gasteiger charge is -2.46. The monoisotopic (exact) mass is 409 g/mol. The number of para-hydroxylation sites is 2. The van der Waals surface area contributed by atoms with Crippen molar-refractivity contribution in [2.45, 2.75) is 44.4 Å². The van der Waals surface area contributed by atoms with Gasteiger partial charge in [0.25, 0.3) is 0 Å². The van der Waals surface area contributed by atoms with E-state index in [-0.39, 0.29) is 6.10 Å². The molecule has 2 aromatic carbocycles. The average Bonchev–Trinajstić information content (AvgIpc) is 2.76. The van der Waals surface area contributed by atoms with Gasteiger partial charge in [0, 0.05) is 42.4 Å². The van der Waals surface area contributed by atoms with Crippen LogP contribution >= 0.6 is 11.6 Å². The number of hydrogen-bond acceptors (Lipinski definition) is 3. The molecule has 0 saturated carbocycles. The van der Waals surface area contributed by atoms with Crippen LogP contribution in [0.5, 0.6) is 0 Å². The minimum atomic E-state index is 0.275. The van der Waals surface area contributed by atoms with Gasteiger partial charge in [0.1, 0.15) is 0 Å². The summed E-state index contributed by atoms with van der Waals surface area (Å²) in [7, 11) is 0. The van der Waals surface area contributed by atoms with Gasteiger partial charge in [0.15, 0.2) is 0 Å². The zero-order valence-electron chi connectivity index (χ0n) is 16.9. The first-order valence-electron chi connectivity index (χ1n) is 10.5. The lowest BCUT2D eigenvalue weighted by atomic mass is 9.96. The Bertz CT molecular complexity index is 855. The molecular weight excluding hydrogens is 382 g/mol. The van der Waals surface area contributed by atoms with E-state index in [4.69, 9.17) is 22.9 Å². The molecule has 2 fully saturated rings. The van der Waals surface area contributed by atoms with Gasteiger partial charge >= 0.3 is 0 Å². The molecule has 2 aliphatic heterocycles. The smallest absolute Gasteiger partial charge is 0.209 e. The van der Waals surface area contributed by atoms with Crippen LogP contribution in [-0.4, -0.2) is 49.3 Å². The number of anilines is 1. The molecule has 0 amide bonds. The lowest BCUT2D eigenvalue weighted by Crippen LogP contribution is -2.56. The highest BCUT2D eigenvalue weighted by molar-refractivity contribution is 6.30. The summed E-state index contributed by atoms with van der Waals surface area (Å²) in [5, 5.41) is 0.784. The zero-order chi connectivity index (χ0) is 20.2. The van der Waals surface area contributed by atoms with Gasteiger partial charge in [-0.25, -0.2) is 4.85 Å². The van der Waals surface area contributed by atoms with E-state index in [1.165, 1.54) is 5.56 Å². The fraction of sp³-hybridized carbons (Fsp3) is 0.458. The lowest BCUT2D eigenvalue weighted by molar-refractivity contribution is -0.0744. The fourth-order valence-corrected chi connectivity index (χ4v) is 4.78. The second kappa shape index (κ2) is 9.17. The van der Waals surface area contributed by atoms with Crippen LogP contribution in [-0.2, 0) is 11.2 Å². The van der Waals surface area contributed by atoms with Crippen LogP contribution in [0.3, 0.4) is 0 Å². The molecule has 152 valence electrons. The first-order chi connectivity index (χ1) is 14.1. The summed E-state index contributed by atoms with van der Waals surface area (Å²) in [5.74, 6) is 0. The maximum absolute atomic E-state index is 7.44. The predicted molar refractivity (Wildman–Crippen MR) is 119 cm³/mol. The summed E-state index contributed by atoms with van der Waals surface area (Å²) in [6.45, 7) is 13.4. The van der Waals surface area contributed by atoms with Crippen LogP contribution < -0.4 is 4.90 Å². The number of rotatable bonds is 4. The van der Waals surface area contributed by atoms with Gasteiger partial charge in [-0.05, 0) is 49.9 Å². The molecule has 2 aromatic rings. The Morgan fingerprint density at radius 1 is 1.10 bits per heavy atom. The highest BCUT2D eigenvalue weighted by Gasteiger charge is 2.34. The molecule has 2 saturated heterocycles. The van der Waals surface area contributed by atoms with Gasteiger partial charge in [0.05, 0.1) is 19.3 Å². The Balaban J connectivity index is 1.43. The van der Waals surface area contributed by atoms with Crippen molar-refractivity contribution >= 4 is 23.0 Å². The molecule has 0 bridgehead atoms. The normalized spacial score (nSPS) is 23.7. The Labute approximate surface area is 178 Å². The maximum Gasteiger partial charge on any atom is 0.209 e. The van der Waals surface area contributed by atoms with Gasteiger partial charge < -0.3 is 9.64 Å². The van der Waals surface area contributed by atoms with Crippen molar-refractivity contribution in [3.05, 3.63) is 70.5 Å². The fourth-order valence-electron chi connectivity index (χ4n) is 4.65. The molecule has 0 N–H and O–H groups in total. The first-order valence-corrected chi connectivity index (χ1v) is 10.8. The van der Waals surface area contributed by atoms with Crippen molar-refractivity contribution < 1.29 is 4.74 Å². The number of piperidine rings is 1. The molecular formula is C24H28ClN3O. The largest absolute Gasteiger partial charge is 0.380 e. The van der Waals surface area contributed by atoms with Crippen molar-refractivity contribution in [3.63, 3.8) is 0 Å². The molecule has 0 aromatic heterocycles. The summed E-state index contributed by atoms with van der Waals surface area (Å²) in [4.78, 5) is 8.76. The second-order valence-corrected chi connectivity index (χ2v) is 8.58. The minimum absolute atomic E-state index is 0.275. The number of morpholine rings is 1. The summed E-state index contributed by atoms with van der Waals surface area (Å²) in [5.41, 5.74) is 3.14. The van der Waals surface area contributed by atoms with Gasteiger partial charge in [-0.15, -0.1) is 0 Å². The molecule has 0 unspecified atom stereocenters. The van der Waals surface area contributed by atoms with E-state index in [1.807, 2.05) is 30.3 Å². The highest BCUT2D eigenvalue weighted by Crippen LogP contribution is 2.32. The van der Waals surface area contributed by atoms with Crippen molar-refractivity contribution in [1.29, 1.82) is 0 Å². The molecule has 2 aliphatic rings. The molecule has 4 rings (SSSR count). The minimum Gasteiger partial charge on any atom is -0.380 e. The van der Waals surface area contributed by atoms with Crippen molar-refractivity contribution in [2.24, 2.45) is 0 Å². The quantitative estimate of drug-likeness (QED) is 0.648. The first kappa shape index (κ1) is 20.2. The molecule has 2 heterocycles. The van der Waals surface area contributed by atoms with Crippen molar-refractivity contribution in [3.8, 4) is 0 Å². The van der Waals surface area contributed by atoms with Crippen LogP contribution in [0.4, 0.5) is 11.4 Å². The third-order valence-corrected chi connectivity index (χ3v) is 6.42. The van der Waals surface area contributed by atoms with Crippen LogP contribution in [0, 0.1) is 6.57 Å². The Morgan fingerprint density at radius 3 is 2.55 bits per heavy atom. The van der Waals surface area contributed by atoms with E-state index in [2.05, 4.69) is 39.8 Å². The number of ether oxygens (including phenoxy) is 1. The molecule has 0 spiro atoms. The summed E-state index contributed by atoms with van der Waals surface area (Å²) >= 11 is 6.05. The number of hydrogen-bond donors (Lipinski definition) is 0. The Hall–Kier alpha value is -2.06. The standard InChI is InChI=1S/C24H28ClN3O/c1-18-16-28(22(17-29-18)15-19-7-9-20(25)10-8-19)21-11-13-27(14-12-21)24-6-4-3-5-23(24)26-2/h3-10,18,21-22H,11-17H2,1H3/t18-,22-/m0/s1. The average molecular weight is 410 g/mol. The molecule has 29 heavy (non-hydrogen) atoms. The Kier molecular flexibility index (Phi) is 6.40. The van der Waals surface area contributed by atoms with Gasteiger partial charge in [0.2, 0.25) is 5.69 Å². The van der Waals surface area contributed by atoms with E-state index in [9.17, 15) is 0 Å². The van der Waals surface area contributed by atoms with E-state index < -0.39 is 0 Å². The van der Waals surface area contributed by atoms with Gasteiger partial charge in [-0.2, -0.15) is 0 Å². The van der Waals surface area contributed by atoms with E-state index >= 15 is 0 Å². The van der Waals surface area contributed by atoms with E-state index in [0.29, 0.717) is 12.1 Å². The third-order valence-electron chi connectivity index (χ3n) is 6.17. The molecule has 5 heteroatoms. The zero-order valence-corrected chi connectivity index (χ0v) is 17.7. The predicted octanol–water partition coefficient (Wildman–Crippen LogP) is 5.19. The van der Waals surface area contributed by atoms with E-state index in [1.54, 1.807) is 0 Å². The van der Waals surface area contributed by atoms with Crippen molar-refractivity contribution in [1.82, 2.24) is 4.90 Å². The summed E-state index contributed by atoms with van der Waals surface area (Å²) in [6.07, 6.45) is 3.51. The number of nitrogens with zero attached hydrogens (tertiary/aromatic N) is 3. The molecule has 4 nitrogen and oxygen atoms in total. The SMILES string of the molecule is [C-]#[N+]c1ccccc1N1CCC(N2C[C@H](C)OC[C@@H]2Cc2ccc(Cl)cc2)CC1. The summed E-state index contributed by atoms with van der Waals surface area (Å²) < 4.78 is 6.02. The number of halogens is 1. The molecule has 0 radical (unpaired) electrons. The molecule has 2 atom stereocenters. The van der Waals surface area contributed by atoms with Crippen LogP contribution in [0.15, 0.2) is 48.5 Å². The van der Waals surface area contributed by atoms with Crippen molar-refractivity contribution in [2.75, 3.05) is 31.1 Å². The van der Waals surface area contributed by atoms with Crippen LogP contribution in [0.25, 0.3) is 4.85 Å². The topological polar surface area (TPSA) is 20.1 Å². The van der Waals surface area contributed by atoms with Gasteiger partial charge in [-0.3, -0.25) is 4.90 Å². The van der Waals surface area contributed by atoms with Crippen LogP contribution in [0.2, 0.25) is 5.02 Å². The van der Waals surface area contributed by atoms with Gasteiger partial charge in [-0.1, -0.05) is 41.9 Å².